The van der Waals surface area contributed by atoms with Gasteiger partial charge in [-0.3, -0.25) is 5.10 Å². The van der Waals surface area contributed by atoms with Gasteiger partial charge in [0.15, 0.2) is 0 Å². The summed E-state index contributed by atoms with van der Waals surface area (Å²) in [5, 5.41) is 8.66. The van der Waals surface area contributed by atoms with Gasteiger partial charge in [-0.15, -0.1) is 0 Å². The third kappa shape index (κ3) is 5.99. The van der Waals surface area contributed by atoms with Gasteiger partial charge in [-0.05, 0) is 63.4 Å². The number of aromatic amines is 1. The summed E-state index contributed by atoms with van der Waals surface area (Å²) in [6, 6.07) is 10.3. The fourth-order valence-corrected chi connectivity index (χ4v) is 4.94. The second-order valence-corrected chi connectivity index (χ2v) is 10.8. The largest absolute Gasteiger partial charge is 0.444 e. The molecule has 194 valence electrons. The van der Waals surface area contributed by atoms with Crippen LogP contribution >= 0.6 is 11.6 Å². The molecule has 7 nitrogen and oxygen atoms in total. The number of benzene rings is 2. The molecule has 1 amide bonds. The van der Waals surface area contributed by atoms with E-state index in [0.29, 0.717) is 44.2 Å². The highest BCUT2D eigenvalue weighted by molar-refractivity contribution is 6.31. The molecule has 1 aliphatic heterocycles. The minimum Gasteiger partial charge on any atom is -0.444 e. The van der Waals surface area contributed by atoms with E-state index in [2.05, 4.69) is 10.2 Å². The maximum Gasteiger partial charge on any atom is 0.410 e. The number of hydrogen-bond donors (Lipinski definition) is 1. The van der Waals surface area contributed by atoms with Gasteiger partial charge in [0.2, 0.25) is 0 Å². The number of aromatic nitrogens is 2. The first kappa shape index (κ1) is 26.4. The van der Waals surface area contributed by atoms with E-state index in [1.54, 1.807) is 30.3 Å². The SMILES string of the molecule is COCC(OCC1(c2ccc(F)cc2)CCN(C(=O)OC(C)(C)C)CC1)c1cc(Cl)cc2cn[nH]c12. The Labute approximate surface area is 215 Å². The lowest BCUT2D eigenvalue weighted by Crippen LogP contribution is -2.48. The number of nitrogens with zero attached hydrogens (tertiary/aromatic N) is 2. The maximum atomic E-state index is 13.8. The summed E-state index contributed by atoms with van der Waals surface area (Å²) in [4.78, 5) is 14.4. The Bertz CT molecular complexity index is 1180. The number of carbonyl (C=O) groups is 1. The highest BCUT2D eigenvalue weighted by Crippen LogP contribution is 2.39. The number of halogens is 2. The molecule has 2 aromatic carbocycles. The van der Waals surface area contributed by atoms with Crippen LogP contribution in [0.25, 0.3) is 10.9 Å². The van der Waals surface area contributed by atoms with Crippen molar-refractivity contribution in [2.75, 3.05) is 33.4 Å². The lowest BCUT2D eigenvalue weighted by molar-refractivity contribution is -0.0399. The fraction of sp³-hybridized carbons (Fsp3) is 0.481. The number of carbonyl (C=O) groups excluding carboxylic acids is 1. The Morgan fingerprint density at radius 3 is 2.56 bits per heavy atom. The van der Waals surface area contributed by atoms with Crippen molar-refractivity contribution >= 4 is 28.6 Å². The molecule has 0 aliphatic carbocycles. The molecule has 9 heteroatoms. The van der Waals surface area contributed by atoms with E-state index in [9.17, 15) is 9.18 Å². The first-order valence-electron chi connectivity index (χ1n) is 12.1. The fourth-order valence-electron chi connectivity index (χ4n) is 4.70. The predicted molar refractivity (Wildman–Crippen MR) is 137 cm³/mol. The summed E-state index contributed by atoms with van der Waals surface area (Å²) < 4.78 is 31.4. The smallest absolute Gasteiger partial charge is 0.410 e. The quantitative estimate of drug-likeness (QED) is 0.414. The maximum absolute atomic E-state index is 13.8. The van der Waals surface area contributed by atoms with Crippen molar-refractivity contribution in [1.82, 2.24) is 15.1 Å². The van der Waals surface area contributed by atoms with Gasteiger partial charge in [0.05, 0.1) is 24.9 Å². The van der Waals surface area contributed by atoms with Gasteiger partial charge in [-0.2, -0.15) is 5.10 Å². The summed E-state index contributed by atoms with van der Waals surface area (Å²) >= 11 is 6.38. The van der Waals surface area contributed by atoms with E-state index < -0.39 is 17.1 Å². The molecule has 0 radical (unpaired) electrons. The zero-order valence-electron chi connectivity index (χ0n) is 21.1. The van der Waals surface area contributed by atoms with Crippen molar-refractivity contribution < 1.29 is 23.4 Å². The lowest BCUT2D eigenvalue weighted by atomic mass is 9.73. The Kier molecular flexibility index (Phi) is 7.87. The average molecular weight is 518 g/mol. The number of amides is 1. The number of rotatable bonds is 7. The molecule has 0 saturated carbocycles. The van der Waals surface area contributed by atoms with Crippen LogP contribution in [-0.2, 0) is 19.6 Å². The number of likely N-dealkylation sites (tertiary alicyclic amines) is 1. The van der Waals surface area contributed by atoms with Crippen LogP contribution in [0.15, 0.2) is 42.6 Å². The van der Waals surface area contributed by atoms with Gasteiger partial charge in [-0.1, -0.05) is 23.7 Å². The molecule has 1 unspecified atom stereocenters. The minimum absolute atomic E-state index is 0.293. The molecule has 3 aromatic rings. The molecule has 4 rings (SSSR count). The Balaban J connectivity index is 1.58. The van der Waals surface area contributed by atoms with Gasteiger partial charge in [-0.25, -0.2) is 9.18 Å². The number of hydrogen-bond acceptors (Lipinski definition) is 5. The zero-order valence-corrected chi connectivity index (χ0v) is 21.9. The van der Waals surface area contributed by atoms with E-state index >= 15 is 0 Å². The van der Waals surface area contributed by atoms with Gasteiger partial charge < -0.3 is 19.1 Å². The minimum atomic E-state index is -0.561. The van der Waals surface area contributed by atoms with Gasteiger partial charge in [0.1, 0.15) is 17.5 Å². The molecular formula is C27H33ClFN3O4. The van der Waals surface area contributed by atoms with E-state index in [4.69, 9.17) is 25.8 Å². The second-order valence-electron chi connectivity index (χ2n) is 10.3. The van der Waals surface area contributed by atoms with Crippen LogP contribution in [0.2, 0.25) is 5.02 Å². The Morgan fingerprint density at radius 2 is 1.92 bits per heavy atom. The molecule has 36 heavy (non-hydrogen) atoms. The summed E-state index contributed by atoms with van der Waals surface area (Å²) in [5.41, 5.74) is 1.70. The van der Waals surface area contributed by atoms with Gasteiger partial charge in [0.25, 0.3) is 0 Å². The van der Waals surface area contributed by atoms with Crippen LogP contribution in [0, 0.1) is 5.82 Å². The van der Waals surface area contributed by atoms with Crippen molar-refractivity contribution in [2.24, 2.45) is 0 Å². The van der Waals surface area contributed by atoms with Crippen LogP contribution in [0.3, 0.4) is 0 Å². The number of nitrogens with one attached hydrogen (secondary N) is 1. The van der Waals surface area contributed by atoms with Crippen LogP contribution in [0.5, 0.6) is 0 Å². The molecule has 1 N–H and O–H groups in total. The van der Waals surface area contributed by atoms with Crippen molar-refractivity contribution in [1.29, 1.82) is 0 Å². The molecule has 1 fully saturated rings. The molecule has 1 aromatic heterocycles. The molecule has 1 saturated heterocycles. The summed E-state index contributed by atoms with van der Waals surface area (Å²) in [6.45, 7) is 7.25. The van der Waals surface area contributed by atoms with Crippen LogP contribution in [-0.4, -0.2) is 60.2 Å². The standard InChI is InChI=1S/C27H33ClFN3O4/c1-26(2,3)36-25(33)32-11-9-27(10-12-32,19-5-7-21(29)8-6-19)17-35-23(16-34-4)22-14-20(28)13-18-15-30-31-24(18)22/h5-8,13-15,23H,9-12,16-17H2,1-4H3,(H,30,31). The second kappa shape index (κ2) is 10.7. The van der Waals surface area contributed by atoms with Crippen molar-refractivity contribution in [3.05, 3.63) is 64.6 Å². The van der Waals surface area contributed by atoms with Crippen molar-refractivity contribution in [2.45, 2.75) is 50.7 Å². The highest BCUT2D eigenvalue weighted by Gasteiger charge is 2.39. The highest BCUT2D eigenvalue weighted by atomic mass is 35.5. The molecule has 2 heterocycles. The van der Waals surface area contributed by atoms with Gasteiger partial charge in [0, 0.05) is 41.6 Å². The summed E-state index contributed by atoms with van der Waals surface area (Å²) in [7, 11) is 1.63. The summed E-state index contributed by atoms with van der Waals surface area (Å²) in [6.07, 6.45) is 2.28. The Hall–Kier alpha value is -2.68. The normalized spacial score (nSPS) is 16.8. The van der Waals surface area contributed by atoms with E-state index in [0.717, 1.165) is 22.0 Å². The van der Waals surface area contributed by atoms with E-state index in [1.165, 1.54) is 12.1 Å². The zero-order chi connectivity index (χ0) is 25.9. The van der Waals surface area contributed by atoms with E-state index in [-0.39, 0.29) is 11.9 Å². The van der Waals surface area contributed by atoms with Crippen LogP contribution < -0.4 is 0 Å². The first-order chi connectivity index (χ1) is 17.1. The van der Waals surface area contributed by atoms with Crippen molar-refractivity contribution in [3.8, 4) is 0 Å². The molecule has 1 atom stereocenters. The topological polar surface area (TPSA) is 76.7 Å². The van der Waals surface area contributed by atoms with Crippen LogP contribution in [0.1, 0.15) is 50.8 Å². The number of ether oxygens (including phenoxy) is 3. The third-order valence-corrected chi connectivity index (χ3v) is 6.82. The molecule has 1 aliphatic rings. The number of piperidine rings is 1. The number of H-pyrrole nitrogens is 1. The predicted octanol–water partition coefficient (Wildman–Crippen LogP) is 6.03. The van der Waals surface area contributed by atoms with Gasteiger partial charge >= 0.3 is 6.09 Å². The Morgan fingerprint density at radius 1 is 1.22 bits per heavy atom. The van der Waals surface area contributed by atoms with Crippen LogP contribution in [0.4, 0.5) is 9.18 Å². The number of methoxy groups -OCH3 is 1. The third-order valence-electron chi connectivity index (χ3n) is 6.60. The number of fused-ring (bicyclic) bond motifs is 1. The molecular weight excluding hydrogens is 485 g/mol. The monoisotopic (exact) mass is 517 g/mol. The molecule has 0 spiro atoms. The summed E-state index contributed by atoms with van der Waals surface area (Å²) in [5.74, 6) is -0.293. The van der Waals surface area contributed by atoms with Crippen molar-refractivity contribution in [3.63, 3.8) is 0 Å². The first-order valence-corrected chi connectivity index (χ1v) is 12.4. The molecule has 0 bridgehead atoms. The lowest BCUT2D eigenvalue weighted by Gasteiger charge is -2.43. The average Bonchev–Trinajstić information content (AvgIpc) is 3.29. The van der Waals surface area contributed by atoms with E-state index in [1.807, 2.05) is 32.9 Å².